The summed E-state index contributed by atoms with van der Waals surface area (Å²) in [7, 11) is 0. The van der Waals surface area contributed by atoms with Crippen LogP contribution in [-0.2, 0) is 0 Å². The number of hydrogen-bond donors (Lipinski definition) is 1. The standard InChI is InChI=1S/C20H19F2NO2/c21-17-7-6-13(9-18(17)22)12-2-1-3-14(8-12)20(25)23-10-15-4-5-16(11-23)19(15)24/h1-3,6-9,15-16,19,24H,4-5,10-11H2/t15-,16+,19?. The lowest BCUT2D eigenvalue weighted by molar-refractivity contribution is 0.0166. The number of fused-ring (bicyclic) bond motifs is 2. The molecule has 0 spiro atoms. The van der Waals surface area contributed by atoms with E-state index in [0.717, 1.165) is 25.0 Å². The summed E-state index contributed by atoms with van der Waals surface area (Å²) in [5.41, 5.74) is 1.73. The minimum atomic E-state index is -0.907. The number of hydrogen-bond acceptors (Lipinski definition) is 2. The van der Waals surface area contributed by atoms with Gasteiger partial charge in [0.15, 0.2) is 11.6 Å². The SMILES string of the molecule is O=C(c1cccc(-c2ccc(F)c(F)c2)c1)N1C[C@H]2CC[C@@H](C1)C2O. The first-order valence-corrected chi connectivity index (χ1v) is 8.56. The predicted octanol–water partition coefficient (Wildman–Crippen LogP) is 3.47. The highest BCUT2D eigenvalue weighted by molar-refractivity contribution is 5.95. The smallest absolute Gasteiger partial charge is 0.253 e. The molecule has 1 N–H and O–H groups in total. The molecule has 1 saturated carbocycles. The van der Waals surface area contributed by atoms with Crippen molar-refractivity contribution >= 4 is 5.91 Å². The third-order valence-electron chi connectivity index (χ3n) is 5.43. The van der Waals surface area contributed by atoms with Crippen LogP contribution in [0.3, 0.4) is 0 Å². The third-order valence-corrected chi connectivity index (χ3v) is 5.43. The molecule has 1 unspecified atom stereocenters. The summed E-state index contributed by atoms with van der Waals surface area (Å²) in [6, 6.07) is 10.7. The van der Waals surface area contributed by atoms with Gasteiger partial charge in [-0.2, -0.15) is 0 Å². The molecule has 1 aliphatic carbocycles. The molecule has 130 valence electrons. The van der Waals surface area contributed by atoms with Gasteiger partial charge in [-0.15, -0.1) is 0 Å². The van der Waals surface area contributed by atoms with E-state index >= 15 is 0 Å². The van der Waals surface area contributed by atoms with Gasteiger partial charge in [0.05, 0.1) is 6.10 Å². The molecule has 1 amide bonds. The van der Waals surface area contributed by atoms with E-state index in [-0.39, 0.29) is 23.8 Å². The Morgan fingerprint density at radius 2 is 1.64 bits per heavy atom. The molecule has 4 rings (SSSR count). The number of benzene rings is 2. The maximum Gasteiger partial charge on any atom is 0.253 e. The second-order valence-corrected chi connectivity index (χ2v) is 7.01. The summed E-state index contributed by atoms with van der Waals surface area (Å²) in [6.07, 6.45) is 1.63. The number of amides is 1. The van der Waals surface area contributed by atoms with Crippen molar-refractivity contribution in [3.05, 3.63) is 59.7 Å². The molecule has 25 heavy (non-hydrogen) atoms. The molecule has 1 aliphatic heterocycles. The molecular formula is C20H19F2NO2. The van der Waals surface area contributed by atoms with Gasteiger partial charge in [0.2, 0.25) is 0 Å². The summed E-state index contributed by atoms with van der Waals surface area (Å²) in [6.45, 7) is 1.15. The van der Waals surface area contributed by atoms with Gasteiger partial charge in [-0.1, -0.05) is 18.2 Å². The molecule has 2 aromatic carbocycles. The van der Waals surface area contributed by atoms with Crippen molar-refractivity contribution in [3.63, 3.8) is 0 Å². The van der Waals surface area contributed by atoms with Crippen LogP contribution in [0.15, 0.2) is 42.5 Å². The maximum atomic E-state index is 13.5. The average Bonchev–Trinajstić information content (AvgIpc) is 2.84. The molecule has 1 saturated heterocycles. The Morgan fingerprint density at radius 3 is 2.32 bits per heavy atom. The van der Waals surface area contributed by atoms with Crippen LogP contribution in [0.1, 0.15) is 23.2 Å². The minimum Gasteiger partial charge on any atom is -0.392 e. The molecule has 3 nitrogen and oxygen atoms in total. The number of piperidine rings is 1. The number of aliphatic hydroxyl groups is 1. The first-order chi connectivity index (χ1) is 12.0. The molecule has 2 aliphatic rings. The summed E-state index contributed by atoms with van der Waals surface area (Å²) in [4.78, 5) is 14.6. The van der Waals surface area contributed by atoms with Gasteiger partial charge in [-0.05, 0) is 48.2 Å². The highest BCUT2D eigenvalue weighted by Crippen LogP contribution is 2.37. The van der Waals surface area contributed by atoms with Crippen molar-refractivity contribution in [1.82, 2.24) is 4.90 Å². The molecule has 5 heteroatoms. The number of nitrogens with zero attached hydrogens (tertiary/aromatic N) is 1. The molecular weight excluding hydrogens is 324 g/mol. The van der Waals surface area contributed by atoms with Crippen molar-refractivity contribution in [2.24, 2.45) is 11.8 Å². The Kier molecular flexibility index (Phi) is 4.04. The number of likely N-dealkylation sites (tertiary alicyclic amines) is 1. The zero-order valence-electron chi connectivity index (χ0n) is 13.7. The number of halogens is 2. The highest BCUT2D eigenvalue weighted by atomic mass is 19.2. The van der Waals surface area contributed by atoms with E-state index in [9.17, 15) is 18.7 Å². The second kappa shape index (κ2) is 6.23. The number of carbonyl (C=O) groups is 1. The van der Waals surface area contributed by atoms with Gasteiger partial charge in [0.25, 0.3) is 5.91 Å². The molecule has 1 heterocycles. The van der Waals surface area contributed by atoms with Gasteiger partial charge in [-0.3, -0.25) is 4.79 Å². The van der Waals surface area contributed by atoms with Crippen LogP contribution < -0.4 is 0 Å². The third kappa shape index (κ3) is 2.93. The Morgan fingerprint density at radius 1 is 0.960 bits per heavy atom. The average molecular weight is 343 g/mol. The quantitative estimate of drug-likeness (QED) is 0.907. The van der Waals surface area contributed by atoms with E-state index in [4.69, 9.17) is 0 Å². The van der Waals surface area contributed by atoms with Crippen LogP contribution in [0.2, 0.25) is 0 Å². The first kappa shape index (κ1) is 16.2. The Hall–Kier alpha value is -2.27. The van der Waals surface area contributed by atoms with Crippen LogP contribution in [-0.4, -0.2) is 35.1 Å². The van der Waals surface area contributed by atoms with Crippen molar-refractivity contribution in [2.75, 3.05) is 13.1 Å². The highest BCUT2D eigenvalue weighted by Gasteiger charge is 2.42. The van der Waals surface area contributed by atoms with E-state index in [1.54, 1.807) is 29.2 Å². The minimum absolute atomic E-state index is 0.0757. The lowest BCUT2D eigenvalue weighted by Crippen LogP contribution is -2.47. The van der Waals surface area contributed by atoms with Crippen molar-refractivity contribution in [2.45, 2.75) is 18.9 Å². The fraction of sp³-hybridized carbons (Fsp3) is 0.350. The van der Waals surface area contributed by atoms with Crippen LogP contribution >= 0.6 is 0 Å². The fourth-order valence-corrected chi connectivity index (χ4v) is 4.05. The summed E-state index contributed by atoms with van der Waals surface area (Å²) in [5, 5.41) is 10.1. The van der Waals surface area contributed by atoms with E-state index in [1.165, 1.54) is 6.07 Å². The maximum absolute atomic E-state index is 13.5. The lowest BCUT2D eigenvalue weighted by atomic mass is 9.94. The Labute approximate surface area is 144 Å². The van der Waals surface area contributed by atoms with Crippen LogP contribution in [0.4, 0.5) is 8.78 Å². The van der Waals surface area contributed by atoms with Gasteiger partial charge in [-0.25, -0.2) is 8.78 Å². The topological polar surface area (TPSA) is 40.5 Å². The molecule has 2 aromatic rings. The van der Waals surface area contributed by atoms with Crippen molar-refractivity contribution in [1.29, 1.82) is 0 Å². The Balaban J connectivity index is 1.59. The largest absolute Gasteiger partial charge is 0.392 e. The van der Waals surface area contributed by atoms with Gasteiger partial charge in [0.1, 0.15) is 0 Å². The zero-order valence-corrected chi connectivity index (χ0v) is 13.7. The molecule has 0 radical (unpaired) electrons. The molecule has 3 atom stereocenters. The molecule has 2 fully saturated rings. The van der Waals surface area contributed by atoms with Crippen LogP contribution in [0, 0.1) is 23.5 Å². The van der Waals surface area contributed by atoms with Crippen LogP contribution in [0.25, 0.3) is 11.1 Å². The lowest BCUT2D eigenvalue weighted by Gasteiger charge is -2.35. The van der Waals surface area contributed by atoms with E-state index in [2.05, 4.69) is 0 Å². The monoisotopic (exact) mass is 343 g/mol. The number of carbonyl (C=O) groups excluding carboxylic acids is 1. The predicted molar refractivity (Wildman–Crippen MR) is 89.9 cm³/mol. The first-order valence-electron chi connectivity index (χ1n) is 8.56. The normalized spacial score (nSPS) is 25.2. The van der Waals surface area contributed by atoms with E-state index in [0.29, 0.717) is 29.8 Å². The van der Waals surface area contributed by atoms with Crippen molar-refractivity contribution in [3.8, 4) is 11.1 Å². The summed E-state index contributed by atoms with van der Waals surface area (Å²) >= 11 is 0. The van der Waals surface area contributed by atoms with E-state index in [1.807, 2.05) is 0 Å². The number of rotatable bonds is 2. The van der Waals surface area contributed by atoms with Gasteiger partial charge in [0, 0.05) is 30.5 Å². The summed E-state index contributed by atoms with van der Waals surface area (Å²) < 4.78 is 26.6. The van der Waals surface area contributed by atoms with Crippen LogP contribution in [0.5, 0.6) is 0 Å². The molecule has 0 aromatic heterocycles. The van der Waals surface area contributed by atoms with Gasteiger partial charge >= 0.3 is 0 Å². The number of aliphatic hydroxyl groups excluding tert-OH is 1. The van der Waals surface area contributed by atoms with Gasteiger partial charge < -0.3 is 10.0 Å². The molecule has 2 bridgehead atoms. The summed E-state index contributed by atoms with van der Waals surface area (Å²) in [5.74, 6) is -1.54. The Bertz CT molecular complexity index is 809. The second-order valence-electron chi connectivity index (χ2n) is 7.01. The fourth-order valence-electron chi connectivity index (χ4n) is 4.05. The van der Waals surface area contributed by atoms with Crippen molar-refractivity contribution < 1.29 is 18.7 Å². The zero-order chi connectivity index (χ0) is 17.6. The van der Waals surface area contributed by atoms with E-state index < -0.39 is 11.6 Å².